The molecule has 28 heavy (non-hydrogen) atoms. The molecule has 4 rings (SSSR count). The van der Waals surface area contributed by atoms with Crippen molar-refractivity contribution in [3.8, 4) is 0 Å². The lowest BCUT2D eigenvalue weighted by molar-refractivity contribution is 0.854. The van der Waals surface area contributed by atoms with Gasteiger partial charge in [0.15, 0.2) is 17.0 Å². The Bertz CT molecular complexity index is 1050. The maximum atomic E-state index is 5.96. The smallest absolute Gasteiger partial charge is 0.226 e. The van der Waals surface area contributed by atoms with Crippen LogP contribution in [0.15, 0.2) is 67.0 Å². The molecule has 0 spiro atoms. The van der Waals surface area contributed by atoms with Crippen molar-refractivity contribution in [3.63, 3.8) is 0 Å². The van der Waals surface area contributed by atoms with Crippen molar-refractivity contribution in [2.75, 3.05) is 17.2 Å². The molecule has 140 valence electrons. The van der Waals surface area contributed by atoms with Gasteiger partial charge in [0.1, 0.15) is 0 Å². The quantitative estimate of drug-likeness (QED) is 0.439. The van der Waals surface area contributed by atoms with Gasteiger partial charge in [-0.05, 0) is 42.7 Å². The average molecular weight is 391 g/mol. The van der Waals surface area contributed by atoms with Crippen molar-refractivity contribution >= 4 is 40.2 Å². The molecule has 0 radical (unpaired) electrons. The number of nitrogens with one attached hydrogen (secondary N) is 2. The van der Waals surface area contributed by atoms with Crippen molar-refractivity contribution in [2.45, 2.75) is 12.8 Å². The van der Waals surface area contributed by atoms with Crippen molar-refractivity contribution < 1.29 is 0 Å². The Kier molecular flexibility index (Phi) is 5.58. The van der Waals surface area contributed by atoms with E-state index >= 15 is 0 Å². The van der Waals surface area contributed by atoms with E-state index in [9.17, 15) is 0 Å². The maximum absolute atomic E-state index is 5.96. The second-order valence-electron chi connectivity index (χ2n) is 6.27. The molecule has 0 saturated heterocycles. The van der Waals surface area contributed by atoms with E-state index in [0.717, 1.165) is 25.1 Å². The summed E-state index contributed by atoms with van der Waals surface area (Å²) in [4.78, 5) is 17.8. The van der Waals surface area contributed by atoms with Crippen molar-refractivity contribution in [1.82, 2.24) is 19.9 Å². The summed E-state index contributed by atoms with van der Waals surface area (Å²) in [5.41, 5.74) is 3.34. The molecule has 0 atom stereocenters. The number of fused-ring (bicyclic) bond motifs is 1. The second-order valence-corrected chi connectivity index (χ2v) is 6.71. The fraction of sp³-hybridized carbons (Fsp3) is 0.143. The van der Waals surface area contributed by atoms with Crippen molar-refractivity contribution in [2.24, 2.45) is 0 Å². The monoisotopic (exact) mass is 390 g/mol. The van der Waals surface area contributed by atoms with Crippen LogP contribution in [0.1, 0.15) is 12.0 Å². The zero-order chi connectivity index (χ0) is 19.2. The van der Waals surface area contributed by atoms with E-state index in [2.05, 4.69) is 54.8 Å². The molecule has 0 bridgehead atoms. The molecule has 2 aromatic heterocycles. The lowest BCUT2D eigenvalue weighted by Crippen LogP contribution is -2.09. The van der Waals surface area contributed by atoms with Crippen LogP contribution < -0.4 is 10.6 Å². The van der Waals surface area contributed by atoms with Gasteiger partial charge >= 0.3 is 0 Å². The van der Waals surface area contributed by atoms with Crippen LogP contribution in [0.4, 0.5) is 17.5 Å². The van der Waals surface area contributed by atoms with E-state index in [1.165, 1.54) is 5.56 Å². The van der Waals surface area contributed by atoms with Gasteiger partial charge in [0, 0.05) is 29.6 Å². The van der Waals surface area contributed by atoms with Crippen LogP contribution >= 0.6 is 11.6 Å². The van der Waals surface area contributed by atoms with Gasteiger partial charge in [0.25, 0.3) is 0 Å². The fourth-order valence-electron chi connectivity index (χ4n) is 2.84. The Hall–Kier alpha value is -3.25. The first-order valence-corrected chi connectivity index (χ1v) is 9.45. The predicted octanol–water partition coefficient (Wildman–Crippen LogP) is 4.86. The van der Waals surface area contributed by atoms with E-state index in [1.54, 1.807) is 12.4 Å². The summed E-state index contributed by atoms with van der Waals surface area (Å²) >= 11 is 5.96. The molecule has 0 saturated carbocycles. The first kappa shape index (κ1) is 18.1. The predicted molar refractivity (Wildman–Crippen MR) is 113 cm³/mol. The molecule has 0 aliphatic rings. The van der Waals surface area contributed by atoms with Crippen LogP contribution in [0.5, 0.6) is 0 Å². The van der Waals surface area contributed by atoms with E-state index in [1.807, 2.05) is 30.3 Å². The van der Waals surface area contributed by atoms with E-state index in [0.29, 0.717) is 28.0 Å². The molecule has 0 fully saturated rings. The SMILES string of the molecule is Clc1ccc(Nc2nc(NCCCc3ccccc3)nc3nccnc23)cc1. The van der Waals surface area contributed by atoms with Gasteiger partial charge in [-0.2, -0.15) is 9.97 Å². The Morgan fingerprint density at radius 1 is 0.857 bits per heavy atom. The largest absolute Gasteiger partial charge is 0.354 e. The summed E-state index contributed by atoms with van der Waals surface area (Å²) in [6.45, 7) is 0.765. The molecule has 0 aliphatic carbocycles. The third-order valence-electron chi connectivity index (χ3n) is 4.21. The van der Waals surface area contributed by atoms with Crippen LogP contribution in [-0.2, 0) is 6.42 Å². The number of hydrogen-bond acceptors (Lipinski definition) is 6. The molecular weight excluding hydrogens is 372 g/mol. The number of hydrogen-bond donors (Lipinski definition) is 2. The lowest BCUT2D eigenvalue weighted by Gasteiger charge is -2.11. The van der Waals surface area contributed by atoms with E-state index in [4.69, 9.17) is 11.6 Å². The standard InChI is InChI=1S/C21H19ClN6/c22-16-8-10-17(11-9-16)26-20-18-19(24-14-13-23-18)27-21(28-20)25-12-4-7-15-5-2-1-3-6-15/h1-3,5-6,8-11,13-14H,4,7,12H2,(H2,24,25,26,27,28). The zero-order valence-electron chi connectivity index (χ0n) is 15.1. The van der Waals surface area contributed by atoms with Gasteiger partial charge in [-0.25, -0.2) is 9.97 Å². The molecule has 0 aliphatic heterocycles. The maximum Gasteiger partial charge on any atom is 0.226 e. The highest BCUT2D eigenvalue weighted by Crippen LogP contribution is 2.23. The summed E-state index contributed by atoms with van der Waals surface area (Å²) in [5, 5.41) is 7.25. The minimum Gasteiger partial charge on any atom is -0.354 e. The van der Waals surface area contributed by atoms with E-state index < -0.39 is 0 Å². The van der Waals surface area contributed by atoms with Gasteiger partial charge < -0.3 is 10.6 Å². The van der Waals surface area contributed by atoms with Gasteiger partial charge in [0.05, 0.1) is 0 Å². The molecule has 2 N–H and O–H groups in total. The number of rotatable bonds is 7. The Balaban J connectivity index is 1.49. The number of benzene rings is 2. The molecule has 4 aromatic rings. The van der Waals surface area contributed by atoms with Crippen molar-refractivity contribution in [1.29, 1.82) is 0 Å². The average Bonchev–Trinajstić information content (AvgIpc) is 2.74. The molecular formula is C21H19ClN6. The van der Waals surface area contributed by atoms with E-state index in [-0.39, 0.29) is 0 Å². The number of aromatic nitrogens is 4. The second kappa shape index (κ2) is 8.63. The Morgan fingerprint density at radius 2 is 1.64 bits per heavy atom. The lowest BCUT2D eigenvalue weighted by atomic mass is 10.1. The van der Waals surface area contributed by atoms with Gasteiger partial charge in [0.2, 0.25) is 5.95 Å². The van der Waals surface area contributed by atoms with Gasteiger partial charge in [-0.1, -0.05) is 41.9 Å². The highest BCUT2D eigenvalue weighted by Gasteiger charge is 2.10. The number of nitrogens with zero attached hydrogens (tertiary/aromatic N) is 4. The molecule has 2 aromatic carbocycles. The van der Waals surface area contributed by atoms with Crippen LogP contribution in [-0.4, -0.2) is 26.5 Å². The Labute approximate surface area is 168 Å². The summed E-state index contributed by atoms with van der Waals surface area (Å²) < 4.78 is 0. The molecule has 2 heterocycles. The van der Waals surface area contributed by atoms with Crippen LogP contribution in [0.2, 0.25) is 5.02 Å². The summed E-state index contributed by atoms with van der Waals surface area (Å²) in [6, 6.07) is 17.8. The molecule has 0 unspecified atom stereocenters. The first-order valence-electron chi connectivity index (χ1n) is 9.07. The summed E-state index contributed by atoms with van der Waals surface area (Å²) in [6.07, 6.45) is 5.23. The van der Waals surface area contributed by atoms with Crippen LogP contribution in [0, 0.1) is 0 Å². The number of anilines is 3. The summed E-state index contributed by atoms with van der Waals surface area (Å²) in [5.74, 6) is 1.13. The zero-order valence-corrected chi connectivity index (χ0v) is 15.9. The topological polar surface area (TPSA) is 75.6 Å². The summed E-state index contributed by atoms with van der Waals surface area (Å²) in [7, 11) is 0. The minimum absolute atomic E-state index is 0.525. The van der Waals surface area contributed by atoms with Crippen LogP contribution in [0.25, 0.3) is 11.2 Å². The van der Waals surface area contributed by atoms with Crippen LogP contribution in [0.3, 0.4) is 0 Å². The normalized spacial score (nSPS) is 10.8. The number of halogens is 1. The number of aryl methyl sites for hydroxylation is 1. The molecule has 7 heteroatoms. The van der Waals surface area contributed by atoms with Crippen molar-refractivity contribution in [3.05, 3.63) is 77.6 Å². The molecule has 6 nitrogen and oxygen atoms in total. The molecule has 0 amide bonds. The van der Waals surface area contributed by atoms with Gasteiger partial charge in [-0.15, -0.1) is 0 Å². The minimum atomic E-state index is 0.525. The third-order valence-corrected chi connectivity index (χ3v) is 4.46. The highest BCUT2D eigenvalue weighted by molar-refractivity contribution is 6.30. The third kappa shape index (κ3) is 4.53. The first-order chi connectivity index (χ1) is 13.8. The Morgan fingerprint density at radius 3 is 2.46 bits per heavy atom. The highest BCUT2D eigenvalue weighted by atomic mass is 35.5. The fourth-order valence-corrected chi connectivity index (χ4v) is 2.96. The van der Waals surface area contributed by atoms with Gasteiger partial charge in [-0.3, -0.25) is 0 Å².